The van der Waals surface area contributed by atoms with Crippen molar-refractivity contribution in [3.63, 3.8) is 0 Å². The Labute approximate surface area is 152 Å². The van der Waals surface area contributed by atoms with E-state index in [4.69, 9.17) is 22.1 Å². The van der Waals surface area contributed by atoms with Gasteiger partial charge in [0.1, 0.15) is 0 Å². The molecule has 0 spiro atoms. The molecule has 2 N–H and O–H groups in total. The minimum atomic E-state index is -1.15. The van der Waals surface area contributed by atoms with Crippen molar-refractivity contribution in [3.05, 3.63) is 63.2 Å². The highest BCUT2D eigenvalue weighted by molar-refractivity contribution is 7.99. The first-order chi connectivity index (χ1) is 11.8. The van der Waals surface area contributed by atoms with Crippen molar-refractivity contribution >= 4 is 40.9 Å². The lowest BCUT2D eigenvalue weighted by Crippen LogP contribution is -2.30. The molecule has 0 unspecified atom stereocenters. The van der Waals surface area contributed by atoms with Crippen LogP contribution in [0.1, 0.15) is 17.3 Å². The number of benzene rings is 2. The Balaban J connectivity index is 2.37. The molecule has 130 valence electrons. The lowest BCUT2D eigenvalue weighted by molar-refractivity contribution is -0.384. The number of carbonyl (C=O) groups excluding carboxylic acids is 2. The van der Waals surface area contributed by atoms with E-state index in [1.165, 1.54) is 30.8 Å². The second kappa shape index (κ2) is 8.00. The Morgan fingerprint density at radius 2 is 1.88 bits per heavy atom. The first-order valence-corrected chi connectivity index (χ1v) is 8.19. The Kier molecular flexibility index (Phi) is 6.00. The number of amides is 1. The fraction of sp³-hybridized carbons (Fsp3) is 0.125. The Morgan fingerprint density at radius 1 is 1.24 bits per heavy atom. The van der Waals surface area contributed by atoms with Gasteiger partial charge in [-0.15, -0.1) is 0 Å². The Bertz CT molecular complexity index is 826. The lowest BCUT2D eigenvalue weighted by atomic mass is 10.2. The van der Waals surface area contributed by atoms with E-state index in [1.807, 2.05) is 0 Å². The van der Waals surface area contributed by atoms with Gasteiger partial charge in [0.2, 0.25) is 0 Å². The maximum atomic E-state index is 12.3. The second-order valence-electron chi connectivity index (χ2n) is 4.94. The van der Waals surface area contributed by atoms with Gasteiger partial charge >= 0.3 is 5.97 Å². The van der Waals surface area contributed by atoms with Crippen LogP contribution in [0.5, 0.6) is 0 Å². The zero-order valence-electron chi connectivity index (χ0n) is 13.0. The summed E-state index contributed by atoms with van der Waals surface area (Å²) < 4.78 is 4.96. The molecule has 7 nitrogen and oxygen atoms in total. The Hall–Kier alpha value is -2.58. The minimum absolute atomic E-state index is 0.0257. The van der Waals surface area contributed by atoms with Gasteiger partial charge in [-0.05, 0) is 37.3 Å². The Morgan fingerprint density at radius 3 is 2.44 bits per heavy atom. The summed E-state index contributed by atoms with van der Waals surface area (Å²) in [6.45, 7) is 1.32. The SMILES string of the molecule is C[C@H](OC(=O)c1cc([N+](=O)[O-])ccc1Sc1ccc(Cl)cc1)C(N)=O. The van der Waals surface area contributed by atoms with Gasteiger partial charge in [-0.3, -0.25) is 14.9 Å². The molecule has 0 bridgehead atoms. The van der Waals surface area contributed by atoms with Gasteiger partial charge < -0.3 is 10.5 Å². The number of nitro groups is 1. The number of primary amides is 1. The van der Waals surface area contributed by atoms with Crippen LogP contribution in [0.3, 0.4) is 0 Å². The summed E-state index contributed by atoms with van der Waals surface area (Å²) in [7, 11) is 0. The predicted octanol–water partition coefficient (Wildman–Crippen LogP) is 3.43. The summed E-state index contributed by atoms with van der Waals surface area (Å²) in [4.78, 5) is 34.9. The first-order valence-electron chi connectivity index (χ1n) is 7.00. The van der Waals surface area contributed by atoms with Crippen molar-refractivity contribution in [3.8, 4) is 0 Å². The molecule has 2 aromatic rings. The number of halogens is 1. The highest BCUT2D eigenvalue weighted by Crippen LogP contribution is 2.33. The summed E-state index contributed by atoms with van der Waals surface area (Å²) in [5.74, 6) is -1.68. The molecule has 0 saturated heterocycles. The van der Waals surface area contributed by atoms with Crippen LogP contribution in [0.25, 0.3) is 0 Å². The van der Waals surface area contributed by atoms with E-state index in [-0.39, 0.29) is 11.3 Å². The van der Waals surface area contributed by atoms with Crippen molar-refractivity contribution in [2.45, 2.75) is 22.8 Å². The number of esters is 1. The molecule has 0 aromatic heterocycles. The van der Waals surface area contributed by atoms with Gasteiger partial charge in [-0.2, -0.15) is 0 Å². The fourth-order valence-corrected chi connectivity index (χ4v) is 2.83. The van der Waals surface area contributed by atoms with Crippen molar-refractivity contribution in [1.82, 2.24) is 0 Å². The second-order valence-corrected chi connectivity index (χ2v) is 6.50. The van der Waals surface area contributed by atoms with Gasteiger partial charge in [0.25, 0.3) is 11.6 Å². The number of nitro benzene ring substituents is 1. The van der Waals surface area contributed by atoms with E-state index >= 15 is 0 Å². The number of nitrogens with zero attached hydrogens (tertiary/aromatic N) is 1. The predicted molar refractivity (Wildman–Crippen MR) is 92.7 cm³/mol. The third kappa shape index (κ3) is 4.94. The van der Waals surface area contributed by atoms with E-state index in [0.29, 0.717) is 9.92 Å². The summed E-state index contributed by atoms with van der Waals surface area (Å²) >= 11 is 7.05. The van der Waals surface area contributed by atoms with E-state index < -0.39 is 22.9 Å². The maximum Gasteiger partial charge on any atom is 0.340 e. The van der Waals surface area contributed by atoms with Crippen LogP contribution < -0.4 is 5.73 Å². The van der Waals surface area contributed by atoms with E-state index in [0.717, 1.165) is 11.0 Å². The third-order valence-electron chi connectivity index (χ3n) is 3.12. The summed E-state index contributed by atoms with van der Waals surface area (Å²) in [5, 5.41) is 11.5. The number of ether oxygens (including phenoxy) is 1. The molecule has 25 heavy (non-hydrogen) atoms. The van der Waals surface area contributed by atoms with Crippen LogP contribution in [-0.4, -0.2) is 22.9 Å². The summed E-state index contributed by atoms with van der Waals surface area (Å²) in [5.41, 5.74) is 4.78. The van der Waals surface area contributed by atoms with E-state index in [9.17, 15) is 19.7 Å². The van der Waals surface area contributed by atoms with Gasteiger partial charge in [0.15, 0.2) is 6.10 Å². The lowest BCUT2D eigenvalue weighted by Gasteiger charge is -2.12. The fourth-order valence-electron chi connectivity index (χ4n) is 1.79. The zero-order valence-corrected chi connectivity index (χ0v) is 14.5. The standard InChI is InChI=1S/C16H13ClN2O5S/c1-9(15(18)20)24-16(21)13-8-11(19(22)23)4-7-14(13)25-12-5-2-10(17)3-6-12/h2-9H,1H3,(H2,18,20)/t9-/m0/s1. The van der Waals surface area contributed by atoms with Crippen LogP contribution in [0.4, 0.5) is 5.69 Å². The van der Waals surface area contributed by atoms with Crippen LogP contribution in [0, 0.1) is 10.1 Å². The van der Waals surface area contributed by atoms with Gasteiger partial charge in [0, 0.05) is 26.9 Å². The molecule has 1 atom stereocenters. The molecular formula is C16H13ClN2O5S. The third-order valence-corrected chi connectivity index (χ3v) is 4.46. The van der Waals surface area contributed by atoms with Crippen LogP contribution >= 0.6 is 23.4 Å². The molecule has 2 rings (SSSR count). The highest BCUT2D eigenvalue weighted by Gasteiger charge is 2.22. The number of carbonyl (C=O) groups is 2. The molecule has 2 aromatic carbocycles. The number of rotatable bonds is 6. The smallest absolute Gasteiger partial charge is 0.340 e. The minimum Gasteiger partial charge on any atom is -0.449 e. The van der Waals surface area contributed by atoms with Crippen molar-refractivity contribution in [2.75, 3.05) is 0 Å². The maximum absolute atomic E-state index is 12.3. The molecule has 0 aliphatic rings. The quantitative estimate of drug-likeness (QED) is 0.466. The van der Waals surface area contributed by atoms with Gasteiger partial charge in [0.05, 0.1) is 10.5 Å². The van der Waals surface area contributed by atoms with Crippen LogP contribution in [0.2, 0.25) is 5.02 Å². The monoisotopic (exact) mass is 380 g/mol. The van der Waals surface area contributed by atoms with E-state index in [1.54, 1.807) is 24.3 Å². The van der Waals surface area contributed by atoms with Crippen LogP contribution in [0.15, 0.2) is 52.3 Å². The van der Waals surface area contributed by atoms with Gasteiger partial charge in [-0.1, -0.05) is 23.4 Å². The first kappa shape index (κ1) is 18.8. The number of hydrogen-bond donors (Lipinski definition) is 1. The van der Waals surface area contributed by atoms with Crippen molar-refractivity contribution in [2.24, 2.45) is 5.73 Å². The topological polar surface area (TPSA) is 113 Å². The number of non-ortho nitro benzene ring substituents is 1. The molecule has 0 saturated carbocycles. The van der Waals surface area contributed by atoms with Crippen molar-refractivity contribution < 1.29 is 19.2 Å². The number of nitrogens with two attached hydrogens (primary N) is 1. The average molecular weight is 381 g/mol. The average Bonchev–Trinajstić information content (AvgIpc) is 2.56. The summed E-state index contributed by atoms with van der Waals surface area (Å²) in [6, 6.07) is 10.7. The van der Waals surface area contributed by atoms with Gasteiger partial charge in [-0.25, -0.2) is 4.79 Å². The molecule has 0 radical (unpaired) electrons. The highest BCUT2D eigenvalue weighted by atomic mass is 35.5. The normalized spacial score (nSPS) is 11.6. The molecule has 0 heterocycles. The zero-order chi connectivity index (χ0) is 18.6. The molecule has 0 fully saturated rings. The molecule has 9 heteroatoms. The molecular weight excluding hydrogens is 368 g/mol. The largest absolute Gasteiger partial charge is 0.449 e. The van der Waals surface area contributed by atoms with Crippen LogP contribution in [-0.2, 0) is 9.53 Å². The molecule has 0 aliphatic carbocycles. The molecule has 1 amide bonds. The summed E-state index contributed by atoms with van der Waals surface area (Å²) in [6.07, 6.45) is -1.15. The molecule has 0 aliphatic heterocycles. The van der Waals surface area contributed by atoms with Crippen molar-refractivity contribution in [1.29, 1.82) is 0 Å². The number of hydrogen-bond acceptors (Lipinski definition) is 6. The van der Waals surface area contributed by atoms with E-state index in [2.05, 4.69) is 0 Å².